The van der Waals surface area contributed by atoms with Crippen LogP contribution in [0.5, 0.6) is 0 Å². The minimum absolute atomic E-state index is 0.0237. The van der Waals surface area contributed by atoms with Crippen LogP contribution in [0, 0.1) is 22.7 Å². The summed E-state index contributed by atoms with van der Waals surface area (Å²) in [7, 11) is 0. The van der Waals surface area contributed by atoms with Crippen molar-refractivity contribution in [1.29, 1.82) is 0 Å². The van der Waals surface area contributed by atoms with Crippen LogP contribution in [-0.2, 0) is 38.1 Å². The molecule has 206 valence electrons. The second kappa shape index (κ2) is 10.8. The number of esters is 4. The fourth-order valence-corrected chi connectivity index (χ4v) is 7.34. The molecule has 0 unspecified atom stereocenters. The Hall–Kier alpha value is -2.29. The summed E-state index contributed by atoms with van der Waals surface area (Å²) in [4.78, 5) is 49.3. The summed E-state index contributed by atoms with van der Waals surface area (Å²) >= 11 is 4.62. The Morgan fingerprint density at radius 2 is 1.46 bits per heavy atom. The van der Waals surface area contributed by atoms with E-state index in [9.17, 15) is 19.2 Å². The molecule has 0 N–H and O–H groups in total. The largest absolute Gasteiger partial charge is 0.461 e. The number of carbonyl (C=O) groups excluding carboxylic acids is 4. The summed E-state index contributed by atoms with van der Waals surface area (Å²) in [6, 6.07) is 0. The first-order valence-corrected chi connectivity index (χ1v) is 13.5. The molecule has 1 saturated carbocycles. The van der Waals surface area contributed by atoms with Crippen molar-refractivity contribution < 1.29 is 38.1 Å². The Morgan fingerprint density at radius 3 is 1.97 bits per heavy atom. The van der Waals surface area contributed by atoms with Gasteiger partial charge in [0.25, 0.3) is 0 Å². The van der Waals surface area contributed by atoms with Gasteiger partial charge in [-0.25, -0.2) is 0 Å². The number of thiol groups is 1. The van der Waals surface area contributed by atoms with Crippen LogP contribution in [0.2, 0.25) is 0 Å². The van der Waals surface area contributed by atoms with Gasteiger partial charge in [0.05, 0.1) is 5.41 Å². The predicted octanol–water partition coefficient (Wildman–Crippen LogP) is 4.36. The molecule has 3 aliphatic rings. The summed E-state index contributed by atoms with van der Waals surface area (Å²) in [5.74, 6) is -1.61. The lowest BCUT2D eigenvalue weighted by atomic mass is 9.50. The van der Waals surface area contributed by atoms with Crippen LogP contribution in [0.25, 0.3) is 0 Å². The van der Waals surface area contributed by atoms with Gasteiger partial charge in [-0.2, -0.15) is 12.6 Å². The summed E-state index contributed by atoms with van der Waals surface area (Å²) in [6.07, 6.45) is 0.687. The fourth-order valence-electron chi connectivity index (χ4n) is 6.99. The van der Waals surface area contributed by atoms with E-state index in [0.717, 1.165) is 16.7 Å². The number of hydrogen-bond acceptors (Lipinski definition) is 9. The van der Waals surface area contributed by atoms with Gasteiger partial charge in [-0.3, -0.25) is 19.2 Å². The van der Waals surface area contributed by atoms with E-state index in [2.05, 4.69) is 32.6 Å². The second-order valence-electron chi connectivity index (χ2n) is 11.3. The third-order valence-electron chi connectivity index (χ3n) is 8.69. The molecular formula is C28H40O8S. The molecule has 0 amide bonds. The van der Waals surface area contributed by atoms with E-state index in [0.29, 0.717) is 25.0 Å². The maximum Gasteiger partial charge on any atom is 0.303 e. The van der Waals surface area contributed by atoms with E-state index in [1.165, 1.54) is 27.7 Å². The van der Waals surface area contributed by atoms with Crippen molar-refractivity contribution in [2.75, 3.05) is 5.75 Å². The molecule has 3 aliphatic carbocycles. The van der Waals surface area contributed by atoms with Gasteiger partial charge < -0.3 is 18.9 Å². The van der Waals surface area contributed by atoms with Crippen LogP contribution >= 0.6 is 12.6 Å². The predicted molar refractivity (Wildman–Crippen MR) is 140 cm³/mol. The molecule has 7 atom stereocenters. The lowest BCUT2D eigenvalue weighted by molar-refractivity contribution is -0.203. The van der Waals surface area contributed by atoms with Crippen molar-refractivity contribution in [2.24, 2.45) is 22.7 Å². The highest BCUT2D eigenvalue weighted by Gasteiger charge is 2.62. The molecule has 0 radical (unpaired) electrons. The zero-order valence-corrected chi connectivity index (χ0v) is 24.0. The zero-order valence-electron chi connectivity index (χ0n) is 23.1. The summed E-state index contributed by atoms with van der Waals surface area (Å²) in [5, 5.41) is 0. The van der Waals surface area contributed by atoms with Crippen molar-refractivity contribution in [3.8, 4) is 0 Å². The Bertz CT molecular complexity index is 1030. The fraction of sp³-hybridized carbons (Fsp3) is 0.714. The minimum atomic E-state index is -0.970. The van der Waals surface area contributed by atoms with Gasteiger partial charge in [-0.15, -0.1) is 0 Å². The SMILES string of the molecule is CC(=O)O[C@H]1C[C@H]2C[C@@H]3C(CS)=CC[C@H](OC(C)=O)[C@@]3(C)[C@@H](OC(C)=O)[C@H](OC(C)=O)C(=C1C)C2(C)C. The van der Waals surface area contributed by atoms with E-state index in [4.69, 9.17) is 18.9 Å². The van der Waals surface area contributed by atoms with Crippen molar-refractivity contribution in [3.63, 3.8) is 0 Å². The van der Waals surface area contributed by atoms with Gasteiger partial charge in [0.15, 0.2) is 12.2 Å². The number of fused-ring (bicyclic) bond motifs is 3. The molecule has 9 heteroatoms. The molecule has 0 heterocycles. The number of rotatable bonds is 5. The summed E-state index contributed by atoms with van der Waals surface area (Å²) in [6.45, 7) is 13.4. The molecule has 3 rings (SSSR count). The molecule has 0 aromatic carbocycles. The first-order valence-electron chi connectivity index (χ1n) is 12.8. The topological polar surface area (TPSA) is 105 Å². The maximum atomic E-state index is 12.6. The summed E-state index contributed by atoms with van der Waals surface area (Å²) < 4.78 is 23.7. The van der Waals surface area contributed by atoms with Gasteiger partial charge in [-0.05, 0) is 48.2 Å². The van der Waals surface area contributed by atoms with Gasteiger partial charge in [0, 0.05) is 39.9 Å². The average molecular weight is 537 g/mol. The van der Waals surface area contributed by atoms with Crippen molar-refractivity contribution in [2.45, 2.75) is 99.1 Å². The van der Waals surface area contributed by atoms with Gasteiger partial charge in [-0.1, -0.05) is 32.4 Å². The van der Waals surface area contributed by atoms with Crippen LogP contribution < -0.4 is 0 Å². The molecular weight excluding hydrogens is 496 g/mol. The highest BCUT2D eigenvalue weighted by molar-refractivity contribution is 7.80. The number of carbonyl (C=O) groups is 4. The maximum absolute atomic E-state index is 12.6. The molecule has 0 aliphatic heterocycles. The lowest BCUT2D eigenvalue weighted by Crippen LogP contribution is -2.62. The van der Waals surface area contributed by atoms with E-state index in [-0.39, 0.29) is 11.8 Å². The van der Waals surface area contributed by atoms with Crippen LogP contribution in [0.1, 0.15) is 74.7 Å². The van der Waals surface area contributed by atoms with E-state index < -0.39 is 59.1 Å². The van der Waals surface area contributed by atoms with Crippen molar-refractivity contribution in [1.82, 2.24) is 0 Å². The van der Waals surface area contributed by atoms with E-state index >= 15 is 0 Å². The Morgan fingerprint density at radius 1 is 0.892 bits per heavy atom. The molecule has 1 fully saturated rings. The quantitative estimate of drug-likeness (QED) is 0.239. The summed E-state index contributed by atoms with van der Waals surface area (Å²) in [5.41, 5.74) is 1.23. The van der Waals surface area contributed by atoms with Gasteiger partial charge in [0.2, 0.25) is 0 Å². The number of ether oxygens (including phenoxy) is 4. The van der Waals surface area contributed by atoms with Crippen LogP contribution in [0.15, 0.2) is 22.8 Å². The first kappa shape index (κ1) is 29.3. The monoisotopic (exact) mass is 536 g/mol. The van der Waals surface area contributed by atoms with Crippen molar-refractivity contribution >= 4 is 36.5 Å². The van der Waals surface area contributed by atoms with E-state index in [1.807, 2.05) is 13.8 Å². The molecule has 37 heavy (non-hydrogen) atoms. The Kier molecular flexibility index (Phi) is 8.57. The smallest absolute Gasteiger partial charge is 0.303 e. The van der Waals surface area contributed by atoms with Crippen molar-refractivity contribution in [3.05, 3.63) is 22.8 Å². The highest BCUT2D eigenvalue weighted by atomic mass is 32.1. The lowest BCUT2D eigenvalue weighted by Gasteiger charge is -2.58. The van der Waals surface area contributed by atoms with E-state index in [1.54, 1.807) is 0 Å². The molecule has 0 aromatic heterocycles. The van der Waals surface area contributed by atoms with Gasteiger partial charge >= 0.3 is 23.9 Å². The second-order valence-corrected chi connectivity index (χ2v) is 11.7. The molecule has 8 nitrogen and oxygen atoms in total. The molecule has 0 saturated heterocycles. The number of hydrogen-bond donors (Lipinski definition) is 1. The normalized spacial score (nSPS) is 34.7. The highest BCUT2D eigenvalue weighted by Crippen LogP contribution is 2.60. The average Bonchev–Trinajstić information content (AvgIpc) is 2.75. The molecule has 2 bridgehead atoms. The Balaban J connectivity index is 2.38. The van der Waals surface area contributed by atoms with Crippen LogP contribution in [0.4, 0.5) is 0 Å². The standard InChI is InChI=1S/C28H40O8S/c1-14-22(33-15(2)29)12-20-11-21-19(13-37)9-10-23(34-16(3)30)28(21,8)26(36-18(5)32)25(35-17(4)31)24(14)27(20,6)7/h9,20-23,25-26,37H,10-13H2,1-8H3/t20-,21-,22+,23+,25-,26+,28+/m1/s1. The molecule has 0 aromatic rings. The molecule has 0 spiro atoms. The first-order chi connectivity index (χ1) is 17.1. The Labute approximate surface area is 224 Å². The minimum Gasteiger partial charge on any atom is -0.461 e. The third kappa shape index (κ3) is 5.47. The zero-order chi connectivity index (χ0) is 27.9. The van der Waals surface area contributed by atoms with Crippen LogP contribution in [-0.4, -0.2) is 54.0 Å². The van der Waals surface area contributed by atoms with Crippen LogP contribution in [0.3, 0.4) is 0 Å². The van der Waals surface area contributed by atoms with Gasteiger partial charge in [0.1, 0.15) is 12.2 Å². The third-order valence-corrected chi connectivity index (χ3v) is 9.05.